The lowest BCUT2D eigenvalue weighted by molar-refractivity contribution is 0.414. The van der Waals surface area contributed by atoms with Crippen LogP contribution in [0.2, 0.25) is 0 Å². The van der Waals surface area contributed by atoms with Crippen LogP contribution in [0, 0.1) is 22.7 Å². The lowest BCUT2D eigenvalue weighted by Gasteiger charge is -2.05. The van der Waals surface area contributed by atoms with Gasteiger partial charge >= 0.3 is 0 Å². The fourth-order valence-electron chi connectivity index (χ4n) is 1.28. The maximum absolute atomic E-state index is 8.94. The number of hydrogen-bond acceptors (Lipinski definition) is 3. The Morgan fingerprint density at radius 1 is 1.20 bits per heavy atom. The number of nitrogens with zero attached hydrogens (tertiary/aromatic N) is 2. The molecule has 0 heterocycles. The third kappa shape index (κ3) is 2.15. The van der Waals surface area contributed by atoms with E-state index < -0.39 is 0 Å². The van der Waals surface area contributed by atoms with Gasteiger partial charge < -0.3 is 4.74 Å². The summed E-state index contributed by atoms with van der Waals surface area (Å²) in [5.74, 6) is 0.524. The zero-order valence-electron chi connectivity index (χ0n) is 8.61. The average molecular weight is 198 g/mol. The first kappa shape index (κ1) is 10.8. The fourth-order valence-corrected chi connectivity index (χ4v) is 1.28. The Kier molecular flexibility index (Phi) is 3.49. The first-order valence-corrected chi connectivity index (χ1v) is 4.41. The van der Waals surface area contributed by atoms with Crippen molar-refractivity contribution in [2.24, 2.45) is 0 Å². The van der Waals surface area contributed by atoms with Gasteiger partial charge in [0.1, 0.15) is 5.75 Å². The molecule has 3 heteroatoms. The van der Waals surface area contributed by atoms with Gasteiger partial charge in [-0.15, -0.1) is 0 Å². The summed E-state index contributed by atoms with van der Waals surface area (Å²) in [6.45, 7) is 1.84. The van der Waals surface area contributed by atoms with E-state index in [1.54, 1.807) is 24.3 Å². The molecule has 0 saturated carbocycles. The van der Waals surface area contributed by atoms with Gasteiger partial charge in [-0.1, -0.05) is 12.2 Å². The van der Waals surface area contributed by atoms with E-state index in [0.717, 1.165) is 0 Å². The molecule has 1 rings (SSSR count). The SMILES string of the molecule is CC=Cc1c(C#N)cc(OC)cc1C#N. The van der Waals surface area contributed by atoms with Crippen molar-refractivity contribution >= 4 is 6.08 Å². The number of rotatable bonds is 2. The van der Waals surface area contributed by atoms with Crippen molar-refractivity contribution < 1.29 is 4.74 Å². The Labute approximate surface area is 88.8 Å². The molecule has 1 aromatic rings. The van der Waals surface area contributed by atoms with E-state index in [2.05, 4.69) is 0 Å². The zero-order chi connectivity index (χ0) is 11.3. The van der Waals surface area contributed by atoms with Crippen molar-refractivity contribution in [1.29, 1.82) is 10.5 Å². The third-order valence-electron chi connectivity index (χ3n) is 1.96. The van der Waals surface area contributed by atoms with E-state index in [1.165, 1.54) is 7.11 Å². The summed E-state index contributed by atoms with van der Waals surface area (Å²) >= 11 is 0. The van der Waals surface area contributed by atoms with Crippen LogP contribution in [0.1, 0.15) is 23.6 Å². The number of benzene rings is 1. The van der Waals surface area contributed by atoms with Crippen molar-refractivity contribution in [3.8, 4) is 17.9 Å². The first-order valence-electron chi connectivity index (χ1n) is 4.41. The molecule has 0 aromatic heterocycles. The Hall–Kier alpha value is -2.26. The minimum Gasteiger partial charge on any atom is -0.497 e. The molecule has 0 amide bonds. The predicted octanol–water partition coefficient (Wildman–Crippen LogP) is 2.47. The molecule has 0 aliphatic carbocycles. The maximum atomic E-state index is 8.94. The Morgan fingerprint density at radius 3 is 2.07 bits per heavy atom. The number of methoxy groups -OCH3 is 1. The van der Waals surface area contributed by atoms with E-state index in [9.17, 15) is 0 Å². The summed E-state index contributed by atoms with van der Waals surface area (Å²) in [6, 6.07) is 7.34. The highest BCUT2D eigenvalue weighted by atomic mass is 16.5. The maximum Gasteiger partial charge on any atom is 0.121 e. The van der Waals surface area contributed by atoms with Crippen LogP contribution in [0.5, 0.6) is 5.75 Å². The van der Waals surface area contributed by atoms with Crippen LogP contribution in [-0.4, -0.2) is 7.11 Å². The van der Waals surface area contributed by atoms with Crippen LogP contribution < -0.4 is 4.74 Å². The van der Waals surface area contributed by atoms with E-state index in [4.69, 9.17) is 15.3 Å². The second-order valence-electron chi connectivity index (χ2n) is 2.86. The number of hydrogen-bond donors (Lipinski definition) is 0. The van der Waals surface area contributed by atoms with E-state index >= 15 is 0 Å². The van der Waals surface area contributed by atoms with E-state index in [-0.39, 0.29) is 0 Å². The highest BCUT2D eigenvalue weighted by Gasteiger charge is 2.08. The molecular formula is C12H10N2O. The largest absolute Gasteiger partial charge is 0.497 e. The quantitative estimate of drug-likeness (QED) is 0.733. The van der Waals surface area contributed by atoms with Crippen molar-refractivity contribution in [3.05, 3.63) is 34.9 Å². The van der Waals surface area contributed by atoms with Gasteiger partial charge in [-0.3, -0.25) is 0 Å². The normalized spacial score (nSPS) is 9.60. The number of nitriles is 2. The summed E-state index contributed by atoms with van der Waals surface area (Å²) in [5, 5.41) is 17.9. The number of ether oxygens (including phenoxy) is 1. The molecule has 74 valence electrons. The Balaban J connectivity index is 3.49. The summed E-state index contributed by atoms with van der Waals surface area (Å²) in [6.07, 6.45) is 3.54. The van der Waals surface area contributed by atoms with Crippen LogP contribution in [0.25, 0.3) is 6.08 Å². The summed E-state index contributed by atoms with van der Waals surface area (Å²) in [5.41, 5.74) is 1.54. The third-order valence-corrected chi connectivity index (χ3v) is 1.96. The molecule has 0 N–H and O–H groups in total. The average Bonchev–Trinajstić information content (AvgIpc) is 2.29. The van der Waals surface area contributed by atoms with Gasteiger partial charge in [0.25, 0.3) is 0 Å². The van der Waals surface area contributed by atoms with Crippen molar-refractivity contribution in [1.82, 2.24) is 0 Å². The molecule has 3 nitrogen and oxygen atoms in total. The lowest BCUT2D eigenvalue weighted by atomic mass is 10.0. The molecule has 15 heavy (non-hydrogen) atoms. The first-order chi connectivity index (χ1) is 7.26. The number of allylic oxidation sites excluding steroid dienone is 1. The zero-order valence-corrected chi connectivity index (χ0v) is 8.61. The topological polar surface area (TPSA) is 56.8 Å². The van der Waals surface area contributed by atoms with Gasteiger partial charge in [-0.05, 0) is 19.1 Å². The molecule has 0 aliphatic heterocycles. The van der Waals surface area contributed by atoms with Gasteiger partial charge in [0.15, 0.2) is 0 Å². The fraction of sp³-hybridized carbons (Fsp3) is 0.167. The van der Waals surface area contributed by atoms with Crippen LogP contribution >= 0.6 is 0 Å². The van der Waals surface area contributed by atoms with Gasteiger partial charge in [0.2, 0.25) is 0 Å². The van der Waals surface area contributed by atoms with Crippen LogP contribution in [0.3, 0.4) is 0 Å². The van der Waals surface area contributed by atoms with Crippen LogP contribution in [0.4, 0.5) is 0 Å². The minimum atomic E-state index is 0.448. The highest BCUT2D eigenvalue weighted by molar-refractivity contribution is 5.66. The molecule has 0 aliphatic rings. The molecule has 0 radical (unpaired) electrons. The van der Waals surface area contributed by atoms with E-state index in [1.807, 2.05) is 19.1 Å². The summed E-state index contributed by atoms with van der Waals surface area (Å²) in [4.78, 5) is 0. The summed E-state index contributed by atoms with van der Waals surface area (Å²) in [7, 11) is 1.51. The monoisotopic (exact) mass is 198 g/mol. The molecule has 0 spiro atoms. The van der Waals surface area contributed by atoms with Gasteiger partial charge in [0.05, 0.1) is 30.4 Å². The van der Waals surface area contributed by atoms with Crippen molar-refractivity contribution in [3.63, 3.8) is 0 Å². The van der Waals surface area contributed by atoms with Crippen LogP contribution in [0.15, 0.2) is 18.2 Å². The molecular weight excluding hydrogens is 188 g/mol. The van der Waals surface area contributed by atoms with Crippen LogP contribution in [-0.2, 0) is 0 Å². The lowest BCUT2D eigenvalue weighted by Crippen LogP contribution is -1.92. The standard InChI is InChI=1S/C12H10N2O/c1-3-4-12-9(7-13)5-11(15-2)6-10(12)8-14/h3-6H,1-2H3. The van der Waals surface area contributed by atoms with Gasteiger partial charge in [-0.2, -0.15) is 10.5 Å². The Bertz CT molecular complexity index is 440. The predicted molar refractivity (Wildman–Crippen MR) is 57.1 cm³/mol. The minimum absolute atomic E-state index is 0.448. The molecule has 1 aromatic carbocycles. The highest BCUT2D eigenvalue weighted by Crippen LogP contribution is 2.22. The second-order valence-corrected chi connectivity index (χ2v) is 2.86. The molecule has 0 unspecified atom stereocenters. The smallest absolute Gasteiger partial charge is 0.121 e. The second kappa shape index (κ2) is 4.83. The molecule has 0 atom stereocenters. The molecule has 0 fully saturated rings. The van der Waals surface area contributed by atoms with Crippen molar-refractivity contribution in [2.75, 3.05) is 7.11 Å². The molecule has 0 bridgehead atoms. The van der Waals surface area contributed by atoms with Gasteiger partial charge in [-0.25, -0.2) is 0 Å². The van der Waals surface area contributed by atoms with Crippen molar-refractivity contribution in [2.45, 2.75) is 6.92 Å². The Morgan fingerprint density at radius 2 is 1.73 bits per heavy atom. The molecule has 0 saturated heterocycles. The van der Waals surface area contributed by atoms with Gasteiger partial charge in [0, 0.05) is 5.56 Å². The van der Waals surface area contributed by atoms with E-state index in [0.29, 0.717) is 22.4 Å². The summed E-state index contributed by atoms with van der Waals surface area (Å²) < 4.78 is 5.01.